The van der Waals surface area contributed by atoms with Crippen molar-refractivity contribution in [2.75, 3.05) is 0 Å². The molecular formula is C50H50N4O. The van der Waals surface area contributed by atoms with Crippen LogP contribution in [0, 0.1) is 6.33 Å². The Morgan fingerprint density at radius 3 is 1.95 bits per heavy atom. The summed E-state index contributed by atoms with van der Waals surface area (Å²) in [5, 5.41) is 2.34. The molecule has 0 unspecified atom stereocenters. The molecule has 0 atom stereocenters. The van der Waals surface area contributed by atoms with Crippen molar-refractivity contribution in [1.29, 1.82) is 0 Å². The molecule has 0 amide bonds. The molecule has 0 fully saturated rings. The molecule has 5 aromatic carbocycles. The monoisotopic (exact) mass is 722 g/mol. The molecule has 5 nitrogen and oxygen atoms in total. The number of imidazole rings is 1. The van der Waals surface area contributed by atoms with Crippen molar-refractivity contribution in [2.24, 2.45) is 0 Å². The zero-order valence-corrected chi connectivity index (χ0v) is 33.5. The number of para-hydroxylation sites is 1. The van der Waals surface area contributed by atoms with Crippen molar-refractivity contribution in [1.82, 2.24) is 14.1 Å². The minimum absolute atomic E-state index is 0.000346. The normalized spacial score (nSPS) is 12.5. The van der Waals surface area contributed by atoms with Gasteiger partial charge in [-0.15, -0.1) is 0 Å². The molecule has 8 rings (SSSR count). The fraction of sp³-hybridized carbons (Fsp3) is 0.240. The molecule has 276 valence electrons. The Morgan fingerprint density at radius 1 is 0.564 bits per heavy atom. The molecule has 0 aliphatic carbocycles. The number of hydrogen-bond acceptors (Lipinski definition) is 2. The summed E-state index contributed by atoms with van der Waals surface area (Å²) in [6.45, 7) is 20.4. The third-order valence-corrected chi connectivity index (χ3v) is 10.3. The SMILES string of the molecule is CC(C)(C)c1ccnc(-n2c3ccccc3c3ccc(Oc4cccc(-n5[c-][n+](-c6ccc(-c7ccccc7)cc6)c(C(C)(C)C)c5C(C)(C)C)c4)cc32)c1. The Labute approximate surface area is 325 Å². The van der Waals surface area contributed by atoms with Crippen LogP contribution in [0.25, 0.3) is 50.1 Å². The van der Waals surface area contributed by atoms with Crippen LogP contribution in [0.5, 0.6) is 11.5 Å². The maximum absolute atomic E-state index is 6.72. The van der Waals surface area contributed by atoms with E-state index >= 15 is 0 Å². The van der Waals surface area contributed by atoms with E-state index in [-0.39, 0.29) is 16.2 Å². The van der Waals surface area contributed by atoms with E-state index < -0.39 is 0 Å². The van der Waals surface area contributed by atoms with Crippen molar-refractivity contribution in [3.63, 3.8) is 0 Å². The number of fused-ring (bicyclic) bond motifs is 3. The smallest absolute Gasteiger partial charge is 0.269 e. The minimum atomic E-state index is -0.179. The zero-order chi connectivity index (χ0) is 38.7. The van der Waals surface area contributed by atoms with E-state index in [1.54, 1.807) is 0 Å². The van der Waals surface area contributed by atoms with E-state index in [0.717, 1.165) is 45.1 Å². The van der Waals surface area contributed by atoms with Crippen LogP contribution in [0.4, 0.5) is 0 Å². The van der Waals surface area contributed by atoms with Gasteiger partial charge in [0.1, 0.15) is 17.3 Å². The number of ether oxygens (including phenoxy) is 1. The van der Waals surface area contributed by atoms with Gasteiger partial charge in [0.2, 0.25) is 0 Å². The first kappa shape index (κ1) is 36.1. The number of rotatable bonds is 6. The first-order valence-corrected chi connectivity index (χ1v) is 19.2. The van der Waals surface area contributed by atoms with Crippen LogP contribution in [0.1, 0.15) is 79.3 Å². The van der Waals surface area contributed by atoms with Crippen molar-refractivity contribution in [2.45, 2.75) is 78.6 Å². The van der Waals surface area contributed by atoms with Crippen LogP contribution < -0.4 is 9.30 Å². The molecule has 3 aromatic heterocycles. The molecular weight excluding hydrogens is 673 g/mol. The largest absolute Gasteiger partial charge is 0.458 e. The minimum Gasteiger partial charge on any atom is -0.458 e. The molecule has 0 radical (unpaired) electrons. The fourth-order valence-corrected chi connectivity index (χ4v) is 7.69. The molecule has 0 N–H and O–H groups in total. The van der Waals surface area contributed by atoms with E-state index in [0.29, 0.717) is 0 Å². The van der Waals surface area contributed by atoms with Gasteiger partial charge in [0.25, 0.3) is 6.33 Å². The summed E-state index contributed by atoms with van der Waals surface area (Å²) in [5.41, 5.74) is 9.96. The van der Waals surface area contributed by atoms with Gasteiger partial charge >= 0.3 is 0 Å². The van der Waals surface area contributed by atoms with Gasteiger partial charge in [-0.25, -0.2) is 4.98 Å². The zero-order valence-electron chi connectivity index (χ0n) is 33.5. The van der Waals surface area contributed by atoms with Crippen molar-refractivity contribution >= 4 is 21.8 Å². The predicted molar refractivity (Wildman–Crippen MR) is 226 cm³/mol. The molecule has 0 aliphatic rings. The van der Waals surface area contributed by atoms with Crippen molar-refractivity contribution in [3.8, 4) is 39.8 Å². The molecule has 3 heterocycles. The number of hydrogen-bond donors (Lipinski definition) is 0. The number of pyridine rings is 1. The third-order valence-electron chi connectivity index (χ3n) is 10.3. The van der Waals surface area contributed by atoms with Gasteiger partial charge in [0.05, 0.1) is 33.8 Å². The second-order valence-electron chi connectivity index (χ2n) is 17.7. The molecule has 0 spiro atoms. The highest BCUT2D eigenvalue weighted by Gasteiger charge is 2.34. The molecule has 5 heteroatoms. The lowest BCUT2D eigenvalue weighted by Crippen LogP contribution is -2.40. The van der Waals surface area contributed by atoms with E-state index in [9.17, 15) is 0 Å². The standard InChI is InChI=1S/C50H50N4O/c1-48(2,3)36-28-29-51-45(30-36)54-43-21-14-13-20-41(43)42-27-26-40(32-44(42)54)55-39-19-15-18-38(31-39)53-33-52(46(49(4,5)6)47(53)50(7,8)9)37-24-22-35(23-25-37)34-16-11-10-12-17-34/h10-32H,1-9H3. The first-order chi connectivity index (χ1) is 26.2. The van der Waals surface area contributed by atoms with Gasteiger partial charge < -0.3 is 4.74 Å². The van der Waals surface area contributed by atoms with Crippen LogP contribution in [-0.2, 0) is 16.2 Å². The van der Waals surface area contributed by atoms with Gasteiger partial charge in [0.15, 0.2) is 0 Å². The van der Waals surface area contributed by atoms with Gasteiger partial charge in [-0.1, -0.05) is 129 Å². The fourth-order valence-electron chi connectivity index (χ4n) is 7.69. The Kier molecular flexibility index (Phi) is 8.80. The highest BCUT2D eigenvalue weighted by Crippen LogP contribution is 2.38. The summed E-state index contributed by atoms with van der Waals surface area (Å²) in [6.07, 6.45) is 5.71. The molecule has 0 aliphatic heterocycles. The summed E-state index contributed by atoms with van der Waals surface area (Å²) in [7, 11) is 0. The van der Waals surface area contributed by atoms with Crippen LogP contribution in [0.15, 0.2) is 140 Å². The van der Waals surface area contributed by atoms with Crippen LogP contribution in [0.2, 0.25) is 0 Å². The lowest BCUT2D eigenvalue weighted by Gasteiger charge is -2.29. The van der Waals surface area contributed by atoms with Crippen LogP contribution in [-0.4, -0.2) is 14.1 Å². The summed E-state index contributed by atoms with van der Waals surface area (Å²) in [6, 6.07) is 46.9. The summed E-state index contributed by atoms with van der Waals surface area (Å²) < 4.78 is 13.5. The highest BCUT2D eigenvalue weighted by molar-refractivity contribution is 6.09. The maximum Gasteiger partial charge on any atom is 0.269 e. The van der Waals surface area contributed by atoms with Crippen molar-refractivity contribution in [3.05, 3.63) is 163 Å². The van der Waals surface area contributed by atoms with Crippen molar-refractivity contribution < 1.29 is 9.30 Å². The molecule has 0 bridgehead atoms. The third kappa shape index (κ3) is 6.84. The van der Waals surface area contributed by atoms with Gasteiger partial charge in [-0.2, -0.15) is 0 Å². The number of nitrogens with zero attached hydrogens (tertiary/aromatic N) is 4. The second-order valence-corrected chi connectivity index (χ2v) is 17.7. The topological polar surface area (TPSA) is 35.9 Å². The second kappa shape index (κ2) is 13.4. The molecule has 55 heavy (non-hydrogen) atoms. The maximum atomic E-state index is 6.72. The van der Waals surface area contributed by atoms with Crippen LogP contribution >= 0.6 is 0 Å². The van der Waals surface area contributed by atoms with Crippen LogP contribution in [0.3, 0.4) is 0 Å². The average molecular weight is 723 g/mol. The van der Waals surface area contributed by atoms with Gasteiger partial charge in [0, 0.05) is 23.0 Å². The van der Waals surface area contributed by atoms with E-state index in [4.69, 9.17) is 9.72 Å². The predicted octanol–water partition coefficient (Wildman–Crippen LogP) is 12.4. The molecule has 8 aromatic rings. The summed E-state index contributed by atoms with van der Waals surface area (Å²) in [4.78, 5) is 4.86. The average Bonchev–Trinajstić information content (AvgIpc) is 3.73. The number of benzene rings is 5. The van der Waals surface area contributed by atoms with E-state index in [1.807, 2.05) is 12.3 Å². The highest BCUT2D eigenvalue weighted by atomic mass is 16.5. The Bertz CT molecular complexity index is 2660. The Hall–Kier alpha value is -5.94. The van der Waals surface area contributed by atoms with E-state index in [2.05, 4.69) is 210 Å². The number of aromatic nitrogens is 4. The van der Waals surface area contributed by atoms with Gasteiger partial charge in [-0.05, 0) is 93.6 Å². The summed E-state index contributed by atoms with van der Waals surface area (Å²) in [5.74, 6) is 2.41. The lowest BCUT2D eigenvalue weighted by atomic mass is 9.81. The molecule has 0 saturated carbocycles. The van der Waals surface area contributed by atoms with Gasteiger partial charge in [-0.3, -0.25) is 13.7 Å². The molecule has 0 saturated heterocycles. The quantitative estimate of drug-likeness (QED) is 0.127. The lowest BCUT2D eigenvalue weighted by molar-refractivity contribution is -0.611. The Morgan fingerprint density at radius 2 is 1.24 bits per heavy atom. The Balaban J connectivity index is 1.21. The first-order valence-electron chi connectivity index (χ1n) is 19.2. The summed E-state index contributed by atoms with van der Waals surface area (Å²) >= 11 is 0. The van der Waals surface area contributed by atoms with E-state index in [1.165, 1.54) is 33.5 Å².